The zero-order valence-electron chi connectivity index (χ0n) is 32.0. The van der Waals surface area contributed by atoms with E-state index in [0.717, 1.165) is 46.6 Å². The second-order valence-corrected chi connectivity index (χ2v) is 19.8. The van der Waals surface area contributed by atoms with Crippen LogP contribution in [0.15, 0.2) is 123 Å². The monoisotopic (exact) mass is 766 g/mol. The van der Waals surface area contributed by atoms with Crippen LogP contribution in [0.1, 0.15) is 74.8 Å². The van der Waals surface area contributed by atoms with Crippen molar-refractivity contribution in [1.82, 2.24) is 0 Å². The second kappa shape index (κ2) is 13.0. The van der Waals surface area contributed by atoms with Crippen LogP contribution in [0.5, 0.6) is 17.2 Å². The minimum absolute atomic E-state index is 0.152. The zero-order chi connectivity index (χ0) is 37.5. The van der Waals surface area contributed by atoms with Gasteiger partial charge in [-0.2, -0.15) is 0 Å². The summed E-state index contributed by atoms with van der Waals surface area (Å²) < 4.78 is 20.3. The van der Waals surface area contributed by atoms with Crippen molar-refractivity contribution >= 4 is 51.7 Å². The van der Waals surface area contributed by atoms with Crippen LogP contribution in [0.25, 0.3) is 28.0 Å². The van der Waals surface area contributed by atoms with Gasteiger partial charge in [0.05, 0.1) is 18.4 Å². The van der Waals surface area contributed by atoms with Crippen molar-refractivity contribution in [3.8, 4) is 28.4 Å². The Hall–Kier alpha value is -4.10. The van der Waals surface area contributed by atoms with Gasteiger partial charge in [0, 0.05) is 37.3 Å². The summed E-state index contributed by atoms with van der Waals surface area (Å²) in [4.78, 5) is 2.53. The number of thiophene rings is 1. The molecule has 0 radical (unpaired) electrons. The van der Waals surface area contributed by atoms with E-state index in [1.54, 1.807) is 25.6 Å². The van der Waals surface area contributed by atoms with Crippen molar-refractivity contribution < 1.29 is 14.2 Å². The SMILES string of the molecule is COc1ccc(C2(c3ccc(OC)cc3)C=Cc3c4c(c5cc(SC)c(Sc6cccs6)cc5c3O2)-c2ccccc2C42CC(C)(C)CC(C)(C)C2)cc1. The molecule has 2 heterocycles. The Balaban J connectivity index is 1.39. The Labute approximate surface area is 332 Å². The summed E-state index contributed by atoms with van der Waals surface area (Å²) in [6.45, 7) is 9.92. The highest BCUT2D eigenvalue weighted by molar-refractivity contribution is 8.03. The lowest BCUT2D eigenvalue weighted by Gasteiger charge is -2.52. The van der Waals surface area contributed by atoms with E-state index in [4.69, 9.17) is 14.2 Å². The van der Waals surface area contributed by atoms with Gasteiger partial charge in [0.2, 0.25) is 0 Å². The van der Waals surface area contributed by atoms with Crippen molar-refractivity contribution in [2.75, 3.05) is 20.5 Å². The highest BCUT2D eigenvalue weighted by Gasteiger charge is 2.55. The molecule has 0 unspecified atom stereocenters. The van der Waals surface area contributed by atoms with Crippen LogP contribution in [-0.2, 0) is 11.0 Å². The summed E-state index contributed by atoms with van der Waals surface area (Å²) in [5.74, 6) is 2.58. The number of rotatable bonds is 7. The summed E-state index contributed by atoms with van der Waals surface area (Å²) in [6.07, 6.45) is 10.3. The van der Waals surface area contributed by atoms with Gasteiger partial charge >= 0.3 is 0 Å². The molecule has 0 amide bonds. The van der Waals surface area contributed by atoms with Crippen molar-refractivity contribution in [3.63, 3.8) is 0 Å². The molecular formula is C48H46O3S3. The molecule has 0 bridgehead atoms. The van der Waals surface area contributed by atoms with E-state index >= 15 is 0 Å². The number of thioether (sulfide) groups is 1. The number of methoxy groups -OCH3 is 2. The number of benzene rings is 5. The third kappa shape index (κ3) is 5.62. The molecule has 1 aromatic heterocycles. The lowest BCUT2D eigenvalue weighted by atomic mass is 9.52. The molecule has 5 aromatic carbocycles. The smallest absolute Gasteiger partial charge is 0.178 e. The number of ether oxygens (including phenoxy) is 3. The molecule has 0 saturated heterocycles. The van der Waals surface area contributed by atoms with Crippen molar-refractivity contribution in [1.29, 1.82) is 0 Å². The minimum Gasteiger partial charge on any atom is -0.497 e. The van der Waals surface area contributed by atoms with Gasteiger partial charge in [-0.05, 0) is 118 Å². The van der Waals surface area contributed by atoms with Gasteiger partial charge < -0.3 is 14.2 Å². The average Bonchev–Trinajstić information content (AvgIpc) is 3.77. The Kier molecular flexibility index (Phi) is 8.57. The van der Waals surface area contributed by atoms with Crippen LogP contribution in [0.2, 0.25) is 0 Å². The highest BCUT2D eigenvalue weighted by atomic mass is 32.2. The van der Waals surface area contributed by atoms with Gasteiger partial charge in [-0.3, -0.25) is 0 Å². The predicted octanol–water partition coefficient (Wildman–Crippen LogP) is 13.6. The Morgan fingerprint density at radius 2 is 1.33 bits per heavy atom. The lowest BCUT2D eigenvalue weighted by molar-refractivity contribution is 0.0642. The Morgan fingerprint density at radius 3 is 1.93 bits per heavy atom. The molecule has 1 fully saturated rings. The van der Waals surface area contributed by atoms with Gasteiger partial charge in [0.25, 0.3) is 0 Å². The van der Waals surface area contributed by atoms with Gasteiger partial charge in [-0.25, -0.2) is 0 Å². The van der Waals surface area contributed by atoms with Gasteiger partial charge in [-0.15, -0.1) is 23.1 Å². The van der Waals surface area contributed by atoms with E-state index in [0.29, 0.717) is 0 Å². The van der Waals surface area contributed by atoms with Crippen molar-refractivity contribution in [2.24, 2.45) is 10.8 Å². The molecule has 6 aromatic rings. The normalized spacial score (nSPS) is 18.1. The summed E-state index contributed by atoms with van der Waals surface area (Å²) in [5.41, 5.74) is 8.19. The van der Waals surface area contributed by atoms with E-state index in [2.05, 4.69) is 124 Å². The molecule has 54 heavy (non-hydrogen) atoms. The summed E-state index contributed by atoms with van der Waals surface area (Å²) >= 11 is 5.46. The molecule has 1 aliphatic heterocycles. The molecule has 2 aliphatic carbocycles. The van der Waals surface area contributed by atoms with Crippen LogP contribution >= 0.6 is 34.9 Å². The molecule has 3 aliphatic rings. The number of hydrogen-bond acceptors (Lipinski definition) is 6. The van der Waals surface area contributed by atoms with Crippen LogP contribution in [0, 0.1) is 10.8 Å². The minimum atomic E-state index is -0.893. The summed E-state index contributed by atoms with van der Waals surface area (Å²) in [6, 6.07) is 35.2. The fourth-order valence-corrected chi connectivity index (χ4v) is 13.1. The molecular weight excluding hydrogens is 721 g/mol. The first-order chi connectivity index (χ1) is 26.0. The fourth-order valence-electron chi connectivity index (χ4n) is 10.5. The van der Waals surface area contributed by atoms with Crippen LogP contribution < -0.4 is 14.2 Å². The summed E-state index contributed by atoms with van der Waals surface area (Å²) in [5, 5.41) is 4.58. The van der Waals surface area contributed by atoms with E-state index in [1.807, 2.05) is 47.8 Å². The first-order valence-corrected chi connectivity index (χ1v) is 21.6. The van der Waals surface area contributed by atoms with E-state index in [-0.39, 0.29) is 16.2 Å². The third-order valence-electron chi connectivity index (χ3n) is 11.8. The first kappa shape index (κ1) is 35.6. The maximum Gasteiger partial charge on any atom is 0.178 e. The van der Waals surface area contributed by atoms with Gasteiger partial charge in [0.1, 0.15) is 17.2 Å². The van der Waals surface area contributed by atoms with E-state index in [1.165, 1.54) is 53.6 Å². The average molecular weight is 767 g/mol. The maximum atomic E-state index is 7.80. The molecule has 274 valence electrons. The van der Waals surface area contributed by atoms with Crippen molar-refractivity contribution in [2.45, 2.75) is 72.0 Å². The van der Waals surface area contributed by atoms with E-state index < -0.39 is 5.60 Å². The molecule has 1 spiro atoms. The van der Waals surface area contributed by atoms with Gasteiger partial charge in [0.15, 0.2) is 5.60 Å². The number of fused-ring (bicyclic) bond motifs is 10. The Morgan fingerprint density at radius 1 is 0.704 bits per heavy atom. The molecule has 9 rings (SSSR count). The molecule has 0 atom stereocenters. The molecule has 6 heteroatoms. The lowest BCUT2D eigenvalue weighted by Crippen LogP contribution is -2.44. The zero-order valence-corrected chi connectivity index (χ0v) is 34.5. The maximum absolute atomic E-state index is 7.80. The van der Waals surface area contributed by atoms with Gasteiger partial charge in [-0.1, -0.05) is 100 Å². The van der Waals surface area contributed by atoms with Crippen LogP contribution in [0.3, 0.4) is 0 Å². The van der Waals surface area contributed by atoms with E-state index in [9.17, 15) is 0 Å². The molecule has 3 nitrogen and oxygen atoms in total. The Bertz CT molecular complexity index is 2360. The molecule has 1 saturated carbocycles. The topological polar surface area (TPSA) is 27.7 Å². The summed E-state index contributed by atoms with van der Waals surface area (Å²) in [7, 11) is 3.43. The standard InChI is InChI=1S/C48H46O3S3/c1-45(2)27-46(3,4)29-47(28-45)38-12-9-8-11-34(38)42-36-25-39(52-7)40(54-41-13-10-24-53-41)26-37(36)44-35(43(42)47)22-23-48(51-44,30-14-18-32(49-5)19-15-30)31-16-20-33(50-6)21-17-31/h8-26H,27-29H2,1-7H3. The highest BCUT2D eigenvalue weighted by Crippen LogP contribution is 2.67. The quantitative estimate of drug-likeness (QED) is 0.151. The third-order valence-corrected chi connectivity index (χ3v) is 14.8. The fraction of sp³-hybridized carbons (Fsp3) is 0.292. The van der Waals surface area contributed by atoms with Crippen LogP contribution in [-0.4, -0.2) is 20.5 Å². The molecule has 0 N–H and O–H groups in total. The van der Waals surface area contributed by atoms with Crippen molar-refractivity contribution in [3.05, 3.63) is 136 Å². The second-order valence-electron chi connectivity index (χ2n) is 16.7. The largest absolute Gasteiger partial charge is 0.497 e. The first-order valence-electron chi connectivity index (χ1n) is 18.7. The van der Waals surface area contributed by atoms with Crippen LogP contribution in [0.4, 0.5) is 0 Å². The predicted molar refractivity (Wildman–Crippen MR) is 228 cm³/mol. The number of hydrogen-bond donors (Lipinski definition) is 0.